The van der Waals surface area contributed by atoms with E-state index in [0.29, 0.717) is 24.7 Å². The zero-order valence-electron chi connectivity index (χ0n) is 13.2. The van der Waals surface area contributed by atoms with Gasteiger partial charge in [-0.25, -0.2) is 9.97 Å². The van der Waals surface area contributed by atoms with E-state index in [1.54, 1.807) is 6.07 Å². The van der Waals surface area contributed by atoms with E-state index < -0.39 is 0 Å². The van der Waals surface area contributed by atoms with Crippen LogP contribution in [0, 0.1) is 6.92 Å². The lowest BCUT2D eigenvalue weighted by Gasteiger charge is -2.19. The lowest BCUT2D eigenvalue weighted by atomic mass is 10.1. The largest absolute Gasteiger partial charge is 0.472 e. The standard InChI is InChI=1S/C17H20N4O2/c1-11-18-15-5-8-21(17(22)12-6-9-23-10-12)7-4-14(15)16(19-11)20-13-2-3-13/h6,9-10,13H,2-5,7-8H2,1H3,(H,18,19,20). The first-order valence-corrected chi connectivity index (χ1v) is 8.15. The summed E-state index contributed by atoms with van der Waals surface area (Å²) in [4.78, 5) is 23.6. The number of aromatic nitrogens is 2. The molecule has 6 heteroatoms. The van der Waals surface area contributed by atoms with Crippen LogP contribution in [0.4, 0.5) is 5.82 Å². The van der Waals surface area contributed by atoms with Gasteiger partial charge in [0, 0.05) is 31.1 Å². The Balaban J connectivity index is 1.57. The van der Waals surface area contributed by atoms with Gasteiger partial charge in [-0.2, -0.15) is 0 Å². The van der Waals surface area contributed by atoms with Crippen LogP contribution in [0.15, 0.2) is 23.0 Å². The second-order valence-corrected chi connectivity index (χ2v) is 6.27. The minimum absolute atomic E-state index is 0.0212. The van der Waals surface area contributed by atoms with E-state index >= 15 is 0 Å². The maximum atomic E-state index is 12.5. The molecule has 0 radical (unpaired) electrons. The van der Waals surface area contributed by atoms with Crippen LogP contribution >= 0.6 is 0 Å². The molecule has 2 aromatic rings. The molecule has 1 aliphatic carbocycles. The van der Waals surface area contributed by atoms with Crippen LogP contribution in [0.2, 0.25) is 0 Å². The second-order valence-electron chi connectivity index (χ2n) is 6.27. The molecule has 1 aliphatic heterocycles. The fourth-order valence-corrected chi connectivity index (χ4v) is 3.03. The van der Waals surface area contributed by atoms with Crippen molar-refractivity contribution in [2.24, 2.45) is 0 Å². The number of carbonyl (C=O) groups excluding carboxylic acids is 1. The average molecular weight is 312 g/mol. The molecule has 6 nitrogen and oxygen atoms in total. The summed E-state index contributed by atoms with van der Waals surface area (Å²) in [5, 5.41) is 3.51. The number of nitrogens with zero attached hydrogens (tertiary/aromatic N) is 3. The van der Waals surface area contributed by atoms with Crippen molar-refractivity contribution in [1.82, 2.24) is 14.9 Å². The van der Waals surface area contributed by atoms with Crippen LogP contribution < -0.4 is 5.32 Å². The van der Waals surface area contributed by atoms with Gasteiger partial charge in [-0.3, -0.25) is 4.79 Å². The smallest absolute Gasteiger partial charge is 0.257 e. The fourth-order valence-electron chi connectivity index (χ4n) is 3.03. The zero-order valence-corrected chi connectivity index (χ0v) is 13.2. The summed E-state index contributed by atoms with van der Waals surface area (Å²) in [5.74, 6) is 1.78. The Morgan fingerprint density at radius 2 is 2.13 bits per heavy atom. The van der Waals surface area contributed by atoms with Gasteiger partial charge in [0.2, 0.25) is 0 Å². The maximum absolute atomic E-state index is 12.5. The van der Waals surface area contributed by atoms with Gasteiger partial charge in [0.05, 0.1) is 17.5 Å². The molecule has 1 saturated carbocycles. The van der Waals surface area contributed by atoms with E-state index in [1.807, 2.05) is 11.8 Å². The normalized spacial score (nSPS) is 17.5. The number of fused-ring (bicyclic) bond motifs is 1. The van der Waals surface area contributed by atoms with Crippen LogP contribution in [0.5, 0.6) is 0 Å². The van der Waals surface area contributed by atoms with Crippen molar-refractivity contribution in [3.05, 3.63) is 41.2 Å². The summed E-state index contributed by atoms with van der Waals surface area (Å²) < 4.78 is 5.03. The van der Waals surface area contributed by atoms with Crippen LogP contribution in [0.25, 0.3) is 0 Å². The van der Waals surface area contributed by atoms with Crippen molar-refractivity contribution in [2.45, 2.75) is 38.6 Å². The SMILES string of the molecule is Cc1nc2c(c(NC3CC3)n1)CCN(C(=O)c1ccoc1)CC2. The fraction of sp³-hybridized carbons (Fsp3) is 0.471. The summed E-state index contributed by atoms with van der Waals surface area (Å²) in [6.45, 7) is 3.29. The van der Waals surface area contributed by atoms with Crippen molar-refractivity contribution in [2.75, 3.05) is 18.4 Å². The number of anilines is 1. The molecule has 0 saturated heterocycles. The molecule has 0 bridgehead atoms. The van der Waals surface area contributed by atoms with Crippen molar-refractivity contribution in [3.63, 3.8) is 0 Å². The highest BCUT2D eigenvalue weighted by molar-refractivity contribution is 5.93. The number of furan rings is 1. The molecule has 1 N–H and O–H groups in total. The molecule has 2 aromatic heterocycles. The number of nitrogens with one attached hydrogen (secondary N) is 1. The molecule has 0 aromatic carbocycles. The third kappa shape index (κ3) is 2.93. The van der Waals surface area contributed by atoms with E-state index in [-0.39, 0.29) is 5.91 Å². The number of carbonyl (C=O) groups is 1. The molecule has 3 heterocycles. The Hall–Kier alpha value is -2.37. The highest BCUT2D eigenvalue weighted by atomic mass is 16.3. The van der Waals surface area contributed by atoms with Gasteiger partial charge in [-0.15, -0.1) is 0 Å². The molecule has 0 spiro atoms. The number of rotatable bonds is 3. The number of hydrogen-bond acceptors (Lipinski definition) is 5. The van der Waals surface area contributed by atoms with Crippen molar-refractivity contribution < 1.29 is 9.21 Å². The predicted octanol–water partition coefficient (Wildman–Crippen LogP) is 2.19. The summed E-state index contributed by atoms with van der Waals surface area (Å²) in [6, 6.07) is 2.27. The van der Waals surface area contributed by atoms with Crippen LogP contribution in [0.1, 0.15) is 40.3 Å². The Morgan fingerprint density at radius 3 is 2.87 bits per heavy atom. The van der Waals surface area contributed by atoms with Crippen molar-refractivity contribution >= 4 is 11.7 Å². The summed E-state index contributed by atoms with van der Waals surface area (Å²) in [7, 11) is 0. The third-order valence-corrected chi connectivity index (χ3v) is 4.43. The van der Waals surface area contributed by atoms with Crippen molar-refractivity contribution in [3.8, 4) is 0 Å². The summed E-state index contributed by atoms with van der Waals surface area (Å²) in [6.07, 6.45) is 7.01. The average Bonchev–Trinajstić information content (AvgIpc) is 3.22. The highest BCUT2D eigenvalue weighted by Crippen LogP contribution is 2.28. The highest BCUT2D eigenvalue weighted by Gasteiger charge is 2.27. The predicted molar refractivity (Wildman–Crippen MR) is 85.4 cm³/mol. The Bertz CT molecular complexity index is 722. The molecule has 23 heavy (non-hydrogen) atoms. The molecule has 4 rings (SSSR count). The molecular formula is C17H20N4O2. The van der Waals surface area contributed by atoms with Crippen molar-refractivity contribution in [1.29, 1.82) is 0 Å². The van der Waals surface area contributed by atoms with Gasteiger partial charge in [0.25, 0.3) is 5.91 Å². The molecule has 1 fully saturated rings. The number of aryl methyl sites for hydroxylation is 1. The Labute approximate surface area is 134 Å². The van der Waals surface area contributed by atoms with Crippen LogP contribution in [-0.2, 0) is 12.8 Å². The Morgan fingerprint density at radius 1 is 1.30 bits per heavy atom. The second kappa shape index (κ2) is 5.68. The zero-order chi connectivity index (χ0) is 15.8. The van der Waals surface area contributed by atoms with Gasteiger partial charge in [-0.1, -0.05) is 0 Å². The summed E-state index contributed by atoms with van der Waals surface area (Å²) in [5.41, 5.74) is 2.85. The number of amides is 1. The molecule has 0 atom stereocenters. The Kier molecular flexibility index (Phi) is 3.52. The molecular weight excluding hydrogens is 292 g/mol. The quantitative estimate of drug-likeness (QED) is 0.940. The monoisotopic (exact) mass is 312 g/mol. The van der Waals surface area contributed by atoms with Gasteiger partial charge < -0.3 is 14.6 Å². The lowest BCUT2D eigenvalue weighted by molar-refractivity contribution is 0.0762. The molecule has 2 aliphatic rings. The van der Waals surface area contributed by atoms with E-state index in [2.05, 4.69) is 15.3 Å². The van der Waals surface area contributed by atoms with Crippen LogP contribution in [-0.4, -0.2) is 39.9 Å². The van der Waals surface area contributed by atoms with Gasteiger partial charge in [-0.05, 0) is 32.3 Å². The minimum atomic E-state index is 0.0212. The van der Waals surface area contributed by atoms with E-state index in [1.165, 1.54) is 30.9 Å². The lowest BCUT2D eigenvalue weighted by Crippen LogP contribution is -2.33. The summed E-state index contributed by atoms with van der Waals surface area (Å²) >= 11 is 0. The first kappa shape index (κ1) is 14.2. The van der Waals surface area contributed by atoms with Gasteiger partial charge in [0.1, 0.15) is 17.9 Å². The van der Waals surface area contributed by atoms with Gasteiger partial charge >= 0.3 is 0 Å². The number of hydrogen-bond donors (Lipinski definition) is 1. The first-order chi connectivity index (χ1) is 11.2. The molecule has 1 amide bonds. The van der Waals surface area contributed by atoms with Gasteiger partial charge in [0.15, 0.2) is 0 Å². The minimum Gasteiger partial charge on any atom is -0.472 e. The van der Waals surface area contributed by atoms with E-state index in [0.717, 1.165) is 30.2 Å². The third-order valence-electron chi connectivity index (χ3n) is 4.43. The van der Waals surface area contributed by atoms with E-state index in [9.17, 15) is 4.79 Å². The van der Waals surface area contributed by atoms with E-state index in [4.69, 9.17) is 4.42 Å². The van der Waals surface area contributed by atoms with Crippen LogP contribution in [0.3, 0.4) is 0 Å². The first-order valence-electron chi connectivity index (χ1n) is 8.15. The maximum Gasteiger partial charge on any atom is 0.257 e. The molecule has 120 valence electrons. The topological polar surface area (TPSA) is 71.3 Å². The molecule has 0 unspecified atom stereocenters.